The Morgan fingerprint density at radius 3 is 1.80 bits per heavy atom. The summed E-state index contributed by atoms with van der Waals surface area (Å²) in [6.45, 7) is 2.15. The van der Waals surface area contributed by atoms with Crippen molar-refractivity contribution in [3.05, 3.63) is 0 Å². The zero-order valence-corrected chi connectivity index (χ0v) is 17.4. The summed E-state index contributed by atoms with van der Waals surface area (Å²) in [4.78, 5) is 48.1. The topological polar surface area (TPSA) is 182 Å². The molecule has 0 fully saturated rings. The first-order valence-electron chi connectivity index (χ1n) is 10.3. The maximum absolute atomic E-state index is 12.1. The Hall–Kier alpha value is -2.65. The largest absolute Gasteiger partial charge is 0.862 e. The molecule has 2 N–H and O–H groups in total. The number of hydrogen-bond donors (Lipinski definition) is 2. The minimum absolute atomic E-state index is 0.0358. The number of carboxylic acids is 3. The molecule has 0 radical (unpaired) electrons. The average Bonchev–Trinajstić information content (AvgIpc) is 2.64. The fourth-order valence-electron chi connectivity index (χ4n) is 2.81. The van der Waals surface area contributed by atoms with E-state index in [0.717, 1.165) is 25.7 Å². The molecule has 0 heterocycles. The summed E-state index contributed by atoms with van der Waals surface area (Å²) in [6, 6.07) is -3.51. The van der Waals surface area contributed by atoms with Gasteiger partial charge in [0.15, 0.2) is 0 Å². The van der Waals surface area contributed by atoms with Crippen LogP contribution in [0.4, 0.5) is 0 Å². The molecular formula is C20H31N2O8-3. The lowest BCUT2D eigenvalue weighted by molar-refractivity contribution is -0.307. The summed E-state index contributed by atoms with van der Waals surface area (Å²) >= 11 is 0. The number of hydrogen-bond acceptors (Lipinski definition) is 8. The zero-order chi connectivity index (χ0) is 22.9. The van der Waals surface area contributed by atoms with Gasteiger partial charge in [-0.05, 0) is 18.7 Å². The molecule has 0 aromatic rings. The van der Waals surface area contributed by atoms with Crippen LogP contribution in [0.25, 0.3) is 0 Å². The lowest BCUT2D eigenvalue weighted by Crippen LogP contribution is -2.49. The molecule has 0 rings (SSSR count). The molecule has 0 saturated carbocycles. The fourth-order valence-corrected chi connectivity index (χ4v) is 2.81. The van der Waals surface area contributed by atoms with E-state index in [-0.39, 0.29) is 6.42 Å². The van der Waals surface area contributed by atoms with Crippen LogP contribution in [0.1, 0.15) is 84.0 Å². The summed E-state index contributed by atoms with van der Waals surface area (Å²) < 4.78 is 0. The Balaban J connectivity index is 4.57. The van der Waals surface area contributed by atoms with Gasteiger partial charge < -0.3 is 35.3 Å². The SMILES string of the molecule is CCCCCCCCCCCC([O-])=NC(CC(=O)[O-])C(=O)NC(CC(=O)[O-])C(=O)O. The van der Waals surface area contributed by atoms with E-state index in [9.17, 15) is 34.5 Å². The van der Waals surface area contributed by atoms with Crippen LogP contribution in [0.5, 0.6) is 0 Å². The third-order valence-corrected chi connectivity index (χ3v) is 4.44. The van der Waals surface area contributed by atoms with E-state index in [0.29, 0.717) is 6.42 Å². The standard InChI is InChI=1S/C20H34N2O8/c1-2-3-4-5-6-7-8-9-10-11-16(23)21-14(12-17(24)25)19(28)22-15(20(29)30)13-18(26)27/h14-15H,2-13H2,1H3,(H,21,23)(H,22,28)(H,24,25)(H,26,27)(H,29,30)/p-3. The number of carbonyl (C=O) groups excluding carboxylic acids is 3. The van der Waals surface area contributed by atoms with Crippen molar-refractivity contribution in [1.29, 1.82) is 0 Å². The fraction of sp³-hybridized carbons (Fsp3) is 0.750. The molecule has 0 spiro atoms. The highest BCUT2D eigenvalue weighted by Crippen LogP contribution is 2.11. The van der Waals surface area contributed by atoms with Gasteiger partial charge in [-0.2, -0.15) is 0 Å². The third kappa shape index (κ3) is 14.4. The summed E-state index contributed by atoms with van der Waals surface area (Å²) in [5.74, 6) is -6.85. The molecular weight excluding hydrogens is 396 g/mol. The van der Waals surface area contributed by atoms with Gasteiger partial charge in [-0.1, -0.05) is 58.3 Å². The molecule has 30 heavy (non-hydrogen) atoms. The Labute approximate surface area is 176 Å². The lowest BCUT2D eigenvalue weighted by Gasteiger charge is -2.21. The van der Waals surface area contributed by atoms with Gasteiger partial charge in [0.1, 0.15) is 12.1 Å². The molecule has 2 unspecified atom stereocenters. The van der Waals surface area contributed by atoms with E-state index in [2.05, 4.69) is 11.9 Å². The van der Waals surface area contributed by atoms with Crippen molar-refractivity contribution in [2.75, 3.05) is 0 Å². The van der Waals surface area contributed by atoms with Crippen LogP contribution in [0, 0.1) is 0 Å². The van der Waals surface area contributed by atoms with E-state index < -0.39 is 54.6 Å². The first-order valence-corrected chi connectivity index (χ1v) is 10.3. The molecule has 1 amide bonds. The number of aliphatic carboxylic acids is 3. The van der Waals surface area contributed by atoms with Crippen LogP contribution in [0.2, 0.25) is 0 Å². The highest BCUT2D eigenvalue weighted by Gasteiger charge is 2.25. The Kier molecular flexibility index (Phi) is 14.8. The molecule has 172 valence electrons. The summed E-state index contributed by atoms with van der Waals surface area (Å²) in [6.07, 6.45) is 7.46. The number of unbranched alkanes of at least 4 members (excludes halogenated alkanes) is 8. The predicted molar refractivity (Wildman–Crippen MR) is 102 cm³/mol. The molecule has 0 aliphatic carbocycles. The first kappa shape index (κ1) is 27.4. The molecule has 0 aromatic heterocycles. The van der Waals surface area contributed by atoms with Crippen molar-refractivity contribution in [2.24, 2.45) is 4.99 Å². The molecule has 10 nitrogen and oxygen atoms in total. The molecule has 0 saturated heterocycles. The van der Waals surface area contributed by atoms with Crippen LogP contribution in [-0.2, 0) is 19.2 Å². The maximum Gasteiger partial charge on any atom is 0.326 e. The lowest BCUT2D eigenvalue weighted by atomic mass is 10.1. The Morgan fingerprint density at radius 2 is 1.33 bits per heavy atom. The van der Waals surface area contributed by atoms with E-state index in [1.54, 1.807) is 0 Å². The predicted octanol–water partition coefficient (Wildman–Crippen LogP) is -1.12. The third-order valence-electron chi connectivity index (χ3n) is 4.44. The van der Waals surface area contributed by atoms with Crippen LogP contribution in [0.15, 0.2) is 4.99 Å². The number of rotatable bonds is 18. The van der Waals surface area contributed by atoms with Crippen molar-refractivity contribution in [1.82, 2.24) is 5.32 Å². The van der Waals surface area contributed by atoms with Crippen LogP contribution < -0.4 is 20.6 Å². The van der Waals surface area contributed by atoms with Crippen LogP contribution >= 0.6 is 0 Å². The maximum atomic E-state index is 12.1. The van der Waals surface area contributed by atoms with E-state index in [1.807, 2.05) is 5.32 Å². The van der Waals surface area contributed by atoms with Crippen molar-refractivity contribution in [3.8, 4) is 0 Å². The highest BCUT2D eigenvalue weighted by atomic mass is 16.4. The highest BCUT2D eigenvalue weighted by molar-refractivity contribution is 5.92. The number of nitrogens with one attached hydrogen (secondary N) is 1. The zero-order valence-electron chi connectivity index (χ0n) is 17.4. The van der Waals surface area contributed by atoms with Gasteiger partial charge in [-0.15, -0.1) is 0 Å². The van der Waals surface area contributed by atoms with Gasteiger partial charge in [0, 0.05) is 24.8 Å². The smallest absolute Gasteiger partial charge is 0.326 e. The van der Waals surface area contributed by atoms with Crippen molar-refractivity contribution < 1.29 is 39.6 Å². The van der Waals surface area contributed by atoms with Crippen molar-refractivity contribution in [2.45, 2.75) is 96.1 Å². The number of amides is 1. The number of nitrogens with zero attached hydrogens (tertiary/aromatic N) is 1. The van der Waals surface area contributed by atoms with E-state index in [4.69, 9.17) is 5.11 Å². The minimum atomic E-state index is -1.82. The van der Waals surface area contributed by atoms with E-state index in [1.165, 1.54) is 25.7 Å². The second-order valence-corrected chi connectivity index (χ2v) is 7.17. The van der Waals surface area contributed by atoms with E-state index >= 15 is 0 Å². The first-order chi connectivity index (χ1) is 14.2. The van der Waals surface area contributed by atoms with Crippen LogP contribution in [-0.4, -0.2) is 46.9 Å². The van der Waals surface area contributed by atoms with Gasteiger partial charge >= 0.3 is 5.97 Å². The second-order valence-electron chi connectivity index (χ2n) is 7.17. The number of aliphatic imine (C=N–C) groups is 1. The molecule has 2 atom stereocenters. The summed E-state index contributed by atoms with van der Waals surface area (Å²) in [5.41, 5.74) is 0. The van der Waals surface area contributed by atoms with Crippen molar-refractivity contribution >= 4 is 29.7 Å². The second kappa shape index (κ2) is 16.2. The van der Waals surface area contributed by atoms with Gasteiger partial charge in [0.2, 0.25) is 5.91 Å². The molecule has 10 heteroatoms. The number of carbonyl (C=O) groups is 4. The normalized spacial score (nSPS) is 13.4. The summed E-state index contributed by atoms with van der Waals surface area (Å²) in [7, 11) is 0. The molecule has 0 bridgehead atoms. The quantitative estimate of drug-likeness (QED) is 0.157. The van der Waals surface area contributed by atoms with Gasteiger partial charge in [-0.3, -0.25) is 9.79 Å². The monoisotopic (exact) mass is 427 g/mol. The van der Waals surface area contributed by atoms with Crippen molar-refractivity contribution in [3.63, 3.8) is 0 Å². The Morgan fingerprint density at radius 1 is 0.833 bits per heavy atom. The summed E-state index contributed by atoms with van der Waals surface area (Å²) in [5, 5.41) is 44.2. The number of carboxylic acid groups (broad SMARTS) is 3. The molecule has 0 aromatic carbocycles. The Bertz CT molecular complexity index is 591. The molecule has 0 aliphatic rings. The van der Waals surface area contributed by atoms with Gasteiger partial charge in [-0.25, -0.2) is 4.79 Å². The van der Waals surface area contributed by atoms with Crippen LogP contribution in [0.3, 0.4) is 0 Å². The minimum Gasteiger partial charge on any atom is -0.862 e. The van der Waals surface area contributed by atoms with Gasteiger partial charge in [0.05, 0.1) is 0 Å². The average molecular weight is 427 g/mol. The van der Waals surface area contributed by atoms with Gasteiger partial charge in [0.25, 0.3) is 0 Å². The molecule has 0 aliphatic heterocycles.